The number of thiazole rings is 3. The van der Waals surface area contributed by atoms with Gasteiger partial charge in [-0.15, -0.1) is 34.0 Å². The predicted molar refractivity (Wildman–Crippen MR) is 258 cm³/mol. The van der Waals surface area contributed by atoms with Crippen molar-refractivity contribution in [3.05, 3.63) is 136 Å². The van der Waals surface area contributed by atoms with Crippen LogP contribution in [0.15, 0.2) is 73.2 Å². The number of nitrogens with one attached hydrogen (secondary N) is 2. The standard InChI is InChI=1S/C15H15F3N2OS.C14H14F3N3OS.C8H8F3N.C7H9NO2S.CH3Br/c1-8(2)14-19-7-12(22-14)13(21)20-10-5-4-9(3)11(6-10)15(16,17)18;1-7-3-4-9(5-10(7)14(15,16)17)20-12(21)11-6-19-13(22-11)8(2)18;1-5-2-3-6(12)4-7(5)8(9,10)11;1-4(2)6-8-3-5(11-6)7(9)10;1-2/h4-8H,1-3H3,(H,20,21);3-6,8H,18H2,1-2H3,(H,20,21);2-4H,12H2,1H3;3-4H,1-2H3,(H,9,10);1H3. The third kappa shape index (κ3) is 18.8. The molecule has 0 aliphatic carbocycles. The first-order valence-electron chi connectivity index (χ1n) is 20.0. The van der Waals surface area contributed by atoms with E-state index in [2.05, 4.69) is 41.5 Å². The topological polar surface area (TPSA) is 186 Å². The fourth-order valence-electron chi connectivity index (χ4n) is 5.26. The maximum absolute atomic E-state index is 12.9. The van der Waals surface area contributed by atoms with Gasteiger partial charge in [0.2, 0.25) is 0 Å². The molecule has 0 saturated heterocycles. The van der Waals surface area contributed by atoms with Crippen molar-refractivity contribution in [2.24, 2.45) is 5.73 Å². The van der Waals surface area contributed by atoms with Gasteiger partial charge in [0.05, 0.1) is 51.3 Å². The smallest absolute Gasteiger partial charge is 0.416 e. The van der Waals surface area contributed by atoms with Crippen LogP contribution in [0.25, 0.3) is 0 Å². The predicted octanol–water partition coefficient (Wildman–Crippen LogP) is 14.2. The summed E-state index contributed by atoms with van der Waals surface area (Å²) < 4.78 is 114. The Morgan fingerprint density at radius 2 is 0.884 bits per heavy atom. The van der Waals surface area contributed by atoms with Gasteiger partial charge in [0, 0.05) is 28.9 Å². The molecule has 11 nitrogen and oxygen atoms in total. The molecule has 6 rings (SSSR count). The molecule has 3 heterocycles. The van der Waals surface area contributed by atoms with Gasteiger partial charge in [0.25, 0.3) is 11.8 Å². The van der Waals surface area contributed by atoms with Crippen molar-refractivity contribution in [1.29, 1.82) is 0 Å². The molecule has 0 bridgehead atoms. The number of aromatic carboxylic acids is 1. The number of carboxylic acids is 1. The fraction of sp³-hybridized carbons (Fsp3) is 0.333. The lowest BCUT2D eigenvalue weighted by molar-refractivity contribution is -0.138. The summed E-state index contributed by atoms with van der Waals surface area (Å²) >= 11 is 6.52. The molecule has 0 radical (unpaired) electrons. The van der Waals surface area contributed by atoms with E-state index in [1.807, 2.05) is 33.5 Å². The highest BCUT2D eigenvalue weighted by molar-refractivity contribution is 9.08. The molecule has 2 amide bonds. The van der Waals surface area contributed by atoms with E-state index in [1.165, 1.54) is 98.4 Å². The zero-order valence-electron chi connectivity index (χ0n) is 38.3. The summed E-state index contributed by atoms with van der Waals surface area (Å²) in [6.45, 7) is 13.8. The molecular weight excluding hydrogens is 1050 g/mol. The summed E-state index contributed by atoms with van der Waals surface area (Å²) in [6.07, 6.45) is -9.01. The van der Waals surface area contributed by atoms with Gasteiger partial charge >= 0.3 is 24.5 Å². The summed E-state index contributed by atoms with van der Waals surface area (Å²) in [5, 5.41) is 15.7. The second-order valence-corrected chi connectivity index (χ2v) is 18.3. The van der Waals surface area contributed by atoms with Crippen molar-refractivity contribution in [2.75, 3.05) is 22.2 Å². The maximum atomic E-state index is 12.9. The van der Waals surface area contributed by atoms with Gasteiger partial charge in [-0.2, -0.15) is 39.5 Å². The van der Waals surface area contributed by atoms with Gasteiger partial charge in [-0.3, -0.25) is 9.59 Å². The minimum Gasteiger partial charge on any atom is -0.477 e. The van der Waals surface area contributed by atoms with E-state index < -0.39 is 53.0 Å². The van der Waals surface area contributed by atoms with E-state index in [9.17, 15) is 53.9 Å². The summed E-state index contributed by atoms with van der Waals surface area (Å²) in [6, 6.07) is 10.8. The van der Waals surface area contributed by atoms with Crippen LogP contribution in [0.4, 0.5) is 56.6 Å². The lowest BCUT2D eigenvalue weighted by atomic mass is 10.1. The number of aryl methyl sites for hydroxylation is 3. The largest absolute Gasteiger partial charge is 0.477 e. The second-order valence-electron chi connectivity index (χ2n) is 15.1. The molecule has 3 aromatic carbocycles. The number of halogens is 10. The van der Waals surface area contributed by atoms with Crippen molar-refractivity contribution >= 4 is 84.8 Å². The number of carboxylic acid groups (broad SMARTS) is 1. The maximum Gasteiger partial charge on any atom is 0.416 e. The molecule has 0 fully saturated rings. The third-order valence-corrected chi connectivity index (χ3v) is 12.6. The Labute approximate surface area is 412 Å². The fourth-order valence-corrected chi connectivity index (χ4v) is 7.60. The molecule has 69 heavy (non-hydrogen) atoms. The number of rotatable bonds is 8. The van der Waals surface area contributed by atoms with Crippen LogP contribution in [0.5, 0.6) is 0 Å². The number of aromatic nitrogens is 3. The molecule has 7 N–H and O–H groups in total. The van der Waals surface area contributed by atoms with Gasteiger partial charge in [-0.25, -0.2) is 19.7 Å². The van der Waals surface area contributed by atoms with Crippen LogP contribution in [0.3, 0.4) is 0 Å². The van der Waals surface area contributed by atoms with E-state index in [0.717, 1.165) is 39.6 Å². The molecule has 1 atom stereocenters. The lowest BCUT2D eigenvalue weighted by Crippen LogP contribution is -2.13. The Bertz CT molecular complexity index is 2520. The van der Waals surface area contributed by atoms with Gasteiger partial charge in [0.1, 0.15) is 19.6 Å². The molecule has 0 spiro atoms. The summed E-state index contributed by atoms with van der Waals surface area (Å²) in [5.41, 5.74) is 9.43. The van der Waals surface area contributed by atoms with Crippen molar-refractivity contribution in [3.63, 3.8) is 0 Å². The van der Waals surface area contributed by atoms with Crippen molar-refractivity contribution in [2.45, 2.75) is 91.8 Å². The molecule has 0 saturated carbocycles. The van der Waals surface area contributed by atoms with Gasteiger partial charge < -0.3 is 27.2 Å². The zero-order valence-corrected chi connectivity index (χ0v) is 42.4. The highest BCUT2D eigenvalue weighted by Gasteiger charge is 2.34. The van der Waals surface area contributed by atoms with E-state index in [1.54, 1.807) is 6.92 Å². The summed E-state index contributed by atoms with van der Waals surface area (Å²) in [5.74, 6) is 0.459. The number of hydrogen-bond donors (Lipinski definition) is 5. The Kier molecular flexibility index (Phi) is 22.5. The van der Waals surface area contributed by atoms with E-state index in [-0.39, 0.29) is 45.7 Å². The highest BCUT2D eigenvalue weighted by atomic mass is 79.9. The number of anilines is 3. The number of hydrogen-bond acceptors (Lipinski definition) is 11. The number of carbonyl (C=O) groups is 3. The van der Waals surface area contributed by atoms with E-state index in [0.29, 0.717) is 25.6 Å². The second kappa shape index (κ2) is 26.0. The molecule has 24 heteroatoms. The molecule has 0 aliphatic heterocycles. The number of amides is 2. The van der Waals surface area contributed by atoms with Crippen molar-refractivity contribution in [1.82, 2.24) is 15.0 Å². The van der Waals surface area contributed by atoms with Crippen LogP contribution in [-0.4, -0.2) is 43.7 Å². The van der Waals surface area contributed by atoms with Gasteiger partial charge in [-0.05, 0) is 86.6 Å². The van der Waals surface area contributed by atoms with Crippen molar-refractivity contribution < 1.29 is 59.0 Å². The average molecular weight is 1100 g/mol. The summed E-state index contributed by atoms with van der Waals surface area (Å²) in [7, 11) is 0. The Balaban J connectivity index is 0.000000325. The number of carbonyl (C=O) groups excluding carboxylic acids is 2. The van der Waals surface area contributed by atoms with Crippen LogP contribution in [0.2, 0.25) is 0 Å². The first-order valence-corrected chi connectivity index (χ1v) is 24.1. The number of alkyl halides is 10. The van der Waals surface area contributed by atoms with Crippen LogP contribution >= 0.6 is 49.9 Å². The number of nitrogens with two attached hydrogens (primary N) is 2. The monoisotopic (exact) mass is 1100 g/mol. The van der Waals surface area contributed by atoms with Crippen LogP contribution in [0.1, 0.15) is 130 Å². The first kappa shape index (κ1) is 59.7. The Morgan fingerprint density at radius 1 is 0.565 bits per heavy atom. The summed E-state index contributed by atoms with van der Waals surface area (Å²) in [4.78, 5) is 47.6. The SMILES string of the molecule is CBr.CC(C)c1ncc(C(=O)O)s1.Cc1ccc(N)cc1C(F)(F)F.Cc1ccc(NC(=O)c2cnc(C(C)C)s2)cc1C(F)(F)F.Cc1ccc(NC(=O)c2cnc(C(C)N)s2)cc1C(F)(F)F. The quantitative estimate of drug-likeness (QED) is 0.0562. The van der Waals surface area contributed by atoms with E-state index >= 15 is 0 Å². The zero-order chi connectivity index (χ0) is 52.8. The molecule has 0 aliphatic rings. The minimum atomic E-state index is -4.46. The number of nitrogen functional groups attached to an aromatic ring is 1. The number of benzene rings is 3. The highest BCUT2D eigenvalue weighted by Crippen LogP contribution is 2.36. The molecule has 6 aromatic rings. The van der Waals surface area contributed by atoms with Gasteiger partial charge in [-0.1, -0.05) is 61.8 Å². The van der Waals surface area contributed by atoms with Gasteiger partial charge in [0.15, 0.2) is 0 Å². The normalized spacial score (nSPS) is 11.7. The van der Waals surface area contributed by atoms with Crippen LogP contribution < -0.4 is 22.1 Å². The van der Waals surface area contributed by atoms with E-state index in [4.69, 9.17) is 16.6 Å². The minimum absolute atomic E-state index is 0.0821. The van der Waals surface area contributed by atoms with Crippen LogP contribution in [-0.2, 0) is 18.5 Å². The lowest BCUT2D eigenvalue weighted by Gasteiger charge is -2.12. The average Bonchev–Trinajstić information content (AvgIpc) is 4.06. The Hall–Kier alpha value is -5.43. The third-order valence-electron chi connectivity index (χ3n) is 8.78. The molecule has 1 unspecified atom stereocenters. The van der Waals surface area contributed by atoms with Crippen molar-refractivity contribution in [3.8, 4) is 0 Å². The first-order chi connectivity index (χ1) is 31.9. The van der Waals surface area contributed by atoms with Crippen LogP contribution in [0, 0.1) is 20.8 Å². The number of nitrogens with zero attached hydrogens (tertiary/aromatic N) is 3. The molecular formula is C45H49BrF9N7O4S3. The molecule has 376 valence electrons. The molecule has 3 aromatic heterocycles. The Morgan fingerprint density at radius 3 is 1.17 bits per heavy atom.